The van der Waals surface area contributed by atoms with E-state index in [1.165, 1.54) is 0 Å². The highest BCUT2D eigenvalue weighted by atomic mass is 16.5. The van der Waals surface area contributed by atoms with Crippen molar-refractivity contribution in [2.45, 2.75) is 38.7 Å². The first-order valence-electron chi connectivity index (χ1n) is 11.0. The van der Waals surface area contributed by atoms with Gasteiger partial charge in [-0.2, -0.15) is 0 Å². The third-order valence-corrected chi connectivity index (χ3v) is 5.78. The van der Waals surface area contributed by atoms with Crippen LogP contribution in [0.15, 0.2) is 42.5 Å². The molecule has 1 N–H and O–H groups in total. The predicted molar refractivity (Wildman–Crippen MR) is 117 cm³/mol. The minimum Gasteiger partial charge on any atom is -0.491 e. The topological polar surface area (TPSA) is 80.8 Å². The van der Waals surface area contributed by atoms with E-state index in [0.717, 1.165) is 43.7 Å². The van der Waals surface area contributed by atoms with Gasteiger partial charge in [-0.05, 0) is 69.0 Å². The van der Waals surface area contributed by atoms with E-state index in [9.17, 15) is 9.59 Å². The number of amides is 2. The van der Waals surface area contributed by atoms with Gasteiger partial charge in [0, 0.05) is 31.0 Å². The summed E-state index contributed by atoms with van der Waals surface area (Å²) in [5, 5.41) is 2.88. The number of carbonyl (C=O) groups is 2. The van der Waals surface area contributed by atoms with Crippen molar-refractivity contribution in [2.24, 2.45) is 5.92 Å². The van der Waals surface area contributed by atoms with Crippen molar-refractivity contribution < 1.29 is 19.1 Å². The molecule has 2 unspecified atom stereocenters. The number of aryl methyl sites for hydroxylation is 1. The molecule has 2 fully saturated rings. The normalized spacial score (nSPS) is 21.0. The summed E-state index contributed by atoms with van der Waals surface area (Å²) in [4.78, 5) is 31.8. The molecule has 31 heavy (non-hydrogen) atoms. The van der Waals surface area contributed by atoms with Crippen LogP contribution >= 0.6 is 0 Å². The number of hydrogen-bond acceptors (Lipinski definition) is 5. The zero-order chi connectivity index (χ0) is 21.6. The lowest BCUT2D eigenvalue weighted by molar-refractivity contribution is -0.121. The lowest BCUT2D eigenvalue weighted by Crippen LogP contribution is -2.43. The number of ether oxygens (including phenoxy) is 2. The molecule has 4 rings (SSSR count). The standard InChI is InChI=1S/C24H29N3O4/c1-17-5-2-8-22(25-17)26-23(28)19-6-3-13-27(15-19)24(29)18-9-11-20(12-10-18)31-16-21-7-4-14-30-21/h2,5,8-12,19,21H,3-4,6-7,13-16H2,1H3,(H,25,26,28). The Morgan fingerprint density at radius 3 is 2.74 bits per heavy atom. The second-order valence-electron chi connectivity index (χ2n) is 8.21. The molecule has 2 saturated heterocycles. The van der Waals surface area contributed by atoms with Crippen LogP contribution in [0.25, 0.3) is 0 Å². The molecular formula is C24H29N3O4. The van der Waals surface area contributed by atoms with Gasteiger partial charge < -0.3 is 19.7 Å². The third-order valence-electron chi connectivity index (χ3n) is 5.78. The Bertz CT molecular complexity index is 909. The lowest BCUT2D eigenvalue weighted by atomic mass is 9.96. The van der Waals surface area contributed by atoms with Crippen LogP contribution in [-0.2, 0) is 9.53 Å². The van der Waals surface area contributed by atoms with E-state index in [1.807, 2.05) is 31.2 Å². The van der Waals surface area contributed by atoms with Crippen LogP contribution in [0.3, 0.4) is 0 Å². The average Bonchev–Trinajstić information content (AvgIpc) is 3.31. The largest absolute Gasteiger partial charge is 0.491 e. The Hall–Kier alpha value is -2.93. The molecule has 0 saturated carbocycles. The van der Waals surface area contributed by atoms with Crippen LogP contribution in [0.1, 0.15) is 41.7 Å². The van der Waals surface area contributed by atoms with Crippen LogP contribution < -0.4 is 10.1 Å². The molecule has 1 aromatic carbocycles. The number of aromatic nitrogens is 1. The average molecular weight is 424 g/mol. The van der Waals surface area contributed by atoms with Crippen molar-refractivity contribution >= 4 is 17.6 Å². The third kappa shape index (κ3) is 5.61. The van der Waals surface area contributed by atoms with Crippen molar-refractivity contribution in [3.05, 3.63) is 53.7 Å². The minimum absolute atomic E-state index is 0.0585. The fourth-order valence-corrected chi connectivity index (χ4v) is 4.06. The number of nitrogens with zero attached hydrogens (tertiary/aromatic N) is 2. The highest BCUT2D eigenvalue weighted by Gasteiger charge is 2.29. The zero-order valence-corrected chi connectivity index (χ0v) is 17.9. The van der Waals surface area contributed by atoms with Crippen molar-refractivity contribution in [3.63, 3.8) is 0 Å². The van der Waals surface area contributed by atoms with Crippen LogP contribution in [0.2, 0.25) is 0 Å². The molecule has 1 aromatic heterocycles. The maximum Gasteiger partial charge on any atom is 0.253 e. The van der Waals surface area contributed by atoms with Gasteiger partial charge in [0.05, 0.1) is 12.0 Å². The summed E-state index contributed by atoms with van der Waals surface area (Å²) in [5.41, 5.74) is 1.45. The smallest absolute Gasteiger partial charge is 0.253 e. The number of rotatable bonds is 6. The van der Waals surface area contributed by atoms with Gasteiger partial charge in [-0.25, -0.2) is 4.98 Å². The second kappa shape index (κ2) is 9.92. The maximum atomic E-state index is 13.0. The molecule has 0 radical (unpaired) electrons. The molecule has 2 aliphatic heterocycles. The van der Waals surface area contributed by atoms with Gasteiger partial charge in [0.1, 0.15) is 18.2 Å². The van der Waals surface area contributed by atoms with Gasteiger partial charge in [-0.3, -0.25) is 9.59 Å². The molecule has 0 bridgehead atoms. The number of pyridine rings is 1. The molecule has 7 heteroatoms. The molecule has 0 aliphatic carbocycles. The van der Waals surface area contributed by atoms with E-state index in [1.54, 1.807) is 23.1 Å². The summed E-state index contributed by atoms with van der Waals surface area (Å²) in [6.45, 7) is 4.29. The number of benzene rings is 1. The summed E-state index contributed by atoms with van der Waals surface area (Å²) in [6.07, 6.45) is 3.83. The Balaban J connectivity index is 1.32. The lowest BCUT2D eigenvalue weighted by Gasteiger charge is -2.32. The number of likely N-dealkylation sites (tertiary alicyclic amines) is 1. The SMILES string of the molecule is Cc1cccc(NC(=O)C2CCCN(C(=O)c3ccc(OCC4CCCO4)cc3)C2)n1. The first kappa shape index (κ1) is 21.3. The number of piperidine rings is 1. The molecule has 2 atom stereocenters. The first-order chi connectivity index (χ1) is 15.1. The quantitative estimate of drug-likeness (QED) is 0.770. The highest BCUT2D eigenvalue weighted by Crippen LogP contribution is 2.22. The Labute approximate surface area is 182 Å². The Kier molecular flexibility index (Phi) is 6.82. The molecule has 7 nitrogen and oxygen atoms in total. The van der Waals surface area contributed by atoms with E-state index >= 15 is 0 Å². The van der Waals surface area contributed by atoms with Gasteiger partial charge >= 0.3 is 0 Å². The van der Waals surface area contributed by atoms with E-state index in [0.29, 0.717) is 31.1 Å². The molecule has 2 aliphatic rings. The fraction of sp³-hybridized carbons (Fsp3) is 0.458. The monoisotopic (exact) mass is 423 g/mol. The van der Waals surface area contributed by atoms with Gasteiger partial charge in [0.15, 0.2) is 0 Å². The van der Waals surface area contributed by atoms with Crippen molar-refractivity contribution in [1.29, 1.82) is 0 Å². The maximum absolute atomic E-state index is 13.0. The van der Waals surface area contributed by atoms with E-state index in [-0.39, 0.29) is 23.8 Å². The van der Waals surface area contributed by atoms with Crippen LogP contribution in [0.5, 0.6) is 5.75 Å². The van der Waals surface area contributed by atoms with Crippen LogP contribution in [-0.4, -0.2) is 54.1 Å². The molecule has 2 aromatic rings. The van der Waals surface area contributed by atoms with Crippen LogP contribution in [0.4, 0.5) is 5.82 Å². The van der Waals surface area contributed by atoms with Crippen molar-refractivity contribution in [2.75, 3.05) is 31.6 Å². The number of hydrogen-bond donors (Lipinski definition) is 1. The highest BCUT2D eigenvalue weighted by molar-refractivity contribution is 5.96. The fourth-order valence-electron chi connectivity index (χ4n) is 4.06. The van der Waals surface area contributed by atoms with Gasteiger partial charge in [0.25, 0.3) is 5.91 Å². The summed E-state index contributed by atoms with van der Waals surface area (Å²) in [7, 11) is 0. The molecule has 164 valence electrons. The van der Waals surface area contributed by atoms with Gasteiger partial charge in [-0.15, -0.1) is 0 Å². The van der Waals surface area contributed by atoms with E-state index in [2.05, 4.69) is 10.3 Å². The number of nitrogens with one attached hydrogen (secondary N) is 1. The zero-order valence-electron chi connectivity index (χ0n) is 17.9. The summed E-state index contributed by atoms with van der Waals surface area (Å²) >= 11 is 0. The second-order valence-corrected chi connectivity index (χ2v) is 8.21. The van der Waals surface area contributed by atoms with Gasteiger partial charge in [0.2, 0.25) is 5.91 Å². The van der Waals surface area contributed by atoms with Gasteiger partial charge in [-0.1, -0.05) is 6.07 Å². The van der Waals surface area contributed by atoms with E-state index < -0.39 is 0 Å². The number of anilines is 1. The van der Waals surface area contributed by atoms with Crippen molar-refractivity contribution in [3.8, 4) is 5.75 Å². The van der Waals surface area contributed by atoms with E-state index in [4.69, 9.17) is 9.47 Å². The Morgan fingerprint density at radius 1 is 1.16 bits per heavy atom. The summed E-state index contributed by atoms with van der Waals surface area (Å²) in [6, 6.07) is 12.7. The number of carbonyl (C=O) groups excluding carboxylic acids is 2. The summed E-state index contributed by atoms with van der Waals surface area (Å²) < 4.78 is 11.3. The Morgan fingerprint density at radius 2 is 2.00 bits per heavy atom. The molecule has 2 amide bonds. The minimum atomic E-state index is -0.242. The molecular weight excluding hydrogens is 394 g/mol. The summed E-state index contributed by atoms with van der Waals surface area (Å²) in [5.74, 6) is 0.889. The molecule has 0 spiro atoms. The predicted octanol–water partition coefficient (Wildman–Crippen LogP) is 3.44. The molecule has 3 heterocycles. The van der Waals surface area contributed by atoms with Crippen LogP contribution in [0, 0.1) is 12.8 Å². The van der Waals surface area contributed by atoms with Crippen molar-refractivity contribution in [1.82, 2.24) is 9.88 Å². The first-order valence-corrected chi connectivity index (χ1v) is 11.0.